The molecule has 0 aromatic rings. The molecule has 66 valence electrons. The predicted octanol–water partition coefficient (Wildman–Crippen LogP) is 1.15. The molecule has 0 radical (unpaired) electrons. The zero-order valence-corrected chi connectivity index (χ0v) is 7.51. The molecule has 0 amide bonds. The summed E-state index contributed by atoms with van der Waals surface area (Å²) in [4.78, 5) is 0. The maximum absolute atomic E-state index is 9.55. The lowest BCUT2D eigenvalue weighted by molar-refractivity contribution is 0.114. The summed E-state index contributed by atoms with van der Waals surface area (Å²) in [5.41, 5.74) is 0. The Balaban J connectivity index is 2.33. The van der Waals surface area contributed by atoms with E-state index in [1.165, 1.54) is 12.8 Å². The molecule has 0 aromatic heterocycles. The summed E-state index contributed by atoms with van der Waals surface area (Å²) in [6.45, 7) is 5.28. The molecule has 1 aliphatic carbocycles. The fourth-order valence-corrected chi connectivity index (χ4v) is 2.03. The van der Waals surface area contributed by atoms with Crippen molar-refractivity contribution in [1.29, 1.82) is 0 Å². The van der Waals surface area contributed by atoms with Gasteiger partial charge in [-0.2, -0.15) is 0 Å². The number of hydrogen-bond acceptors (Lipinski definition) is 2. The molecule has 0 bridgehead atoms. The highest BCUT2D eigenvalue weighted by Gasteiger charge is 2.29. The Labute approximate surface area is 69.0 Å². The van der Waals surface area contributed by atoms with Crippen LogP contribution in [0.25, 0.3) is 0 Å². The van der Waals surface area contributed by atoms with E-state index in [-0.39, 0.29) is 6.10 Å². The first-order valence-electron chi connectivity index (χ1n) is 4.67. The van der Waals surface area contributed by atoms with E-state index in [4.69, 9.17) is 0 Å². The van der Waals surface area contributed by atoms with Gasteiger partial charge in [0.25, 0.3) is 0 Å². The Bertz CT molecular complexity index is 116. The first kappa shape index (κ1) is 9.01. The van der Waals surface area contributed by atoms with Crippen molar-refractivity contribution < 1.29 is 5.11 Å². The van der Waals surface area contributed by atoms with Crippen molar-refractivity contribution in [2.45, 2.75) is 45.3 Å². The molecule has 11 heavy (non-hydrogen) atoms. The van der Waals surface area contributed by atoms with Crippen molar-refractivity contribution in [2.75, 3.05) is 6.54 Å². The quantitative estimate of drug-likeness (QED) is 0.644. The third-order valence-electron chi connectivity index (χ3n) is 2.70. The molecule has 1 fully saturated rings. The third-order valence-corrected chi connectivity index (χ3v) is 2.70. The highest BCUT2D eigenvalue weighted by molar-refractivity contribution is 4.83. The van der Waals surface area contributed by atoms with E-state index in [1.54, 1.807) is 0 Å². The fraction of sp³-hybridized carbons (Fsp3) is 1.00. The van der Waals surface area contributed by atoms with Gasteiger partial charge < -0.3 is 10.4 Å². The molecule has 1 rings (SSSR count). The summed E-state index contributed by atoms with van der Waals surface area (Å²) in [5, 5.41) is 12.9. The standard InChI is InChI=1S/C9H19NO/c1-3-10-7(2)8-5-4-6-9(8)11/h7-11H,3-6H2,1-2H3. The number of aliphatic hydroxyl groups excluding tert-OH is 1. The van der Waals surface area contributed by atoms with Crippen LogP contribution in [0.5, 0.6) is 0 Å². The second-order valence-corrected chi connectivity index (χ2v) is 3.51. The highest BCUT2D eigenvalue weighted by atomic mass is 16.3. The Kier molecular flexibility index (Phi) is 3.34. The van der Waals surface area contributed by atoms with Gasteiger partial charge in [0.1, 0.15) is 0 Å². The van der Waals surface area contributed by atoms with E-state index >= 15 is 0 Å². The summed E-state index contributed by atoms with van der Waals surface area (Å²) < 4.78 is 0. The van der Waals surface area contributed by atoms with Crippen molar-refractivity contribution in [2.24, 2.45) is 5.92 Å². The van der Waals surface area contributed by atoms with Gasteiger partial charge in [-0.3, -0.25) is 0 Å². The van der Waals surface area contributed by atoms with Crippen LogP contribution >= 0.6 is 0 Å². The lowest BCUT2D eigenvalue weighted by atomic mass is 9.98. The SMILES string of the molecule is CCNC(C)C1CCCC1O. The van der Waals surface area contributed by atoms with Gasteiger partial charge in [-0.25, -0.2) is 0 Å². The molecule has 1 aliphatic rings. The minimum atomic E-state index is -0.0518. The van der Waals surface area contributed by atoms with Gasteiger partial charge >= 0.3 is 0 Å². The predicted molar refractivity (Wildman–Crippen MR) is 46.5 cm³/mol. The molecular formula is C9H19NO. The maximum Gasteiger partial charge on any atom is 0.0583 e. The lowest BCUT2D eigenvalue weighted by Gasteiger charge is -2.22. The van der Waals surface area contributed by atoms with Crippen LogP contribution in [0.2, 0.25) is 0 Å². The van der Waals surface area contributed by atoms with Crippen LogP contribution in [-0.2, 0) is 0 Å². The van der Waals surface area contributed by atoms with Gasteiger partial charge in [0.15, 0.2) is 0 Å². The topological polar surface area (TPSA) is 32.3 Å². The Morgan fingerprint density at radius 2 is 2.27 bits per heavy atom. The molecule has 0 aliphatic heterocycles. The number of rotatable bonds is 3. The van der Waals surface area contributed by atoms with Crippen LogP contribution in [0.15, 0.2) is 0 Å². The number of hydrogen-bond donors (Lipinski definition) is 2. The molecule has 3 unspecified atom stereocenters. The van der Waals surface area contributed by atoms with Crippen molar-refractivity contribution in [3.63, 3.8) is 0 Å². The van der Waals surface area contributed by atoms with Crippen LogP contribution in [0.4, 0.5) is 0 Å². The van der Waals surface area contributed by atoms with Gasteiger partial charge in [-0.1, -0.05) is 13.3 Å². The molecule has 0 heterocycles. The van der Waals surface area contributed by atoms with Crippen molar-refractivity contribution in [1.82, 2.24) is 5.32 Å². The molecule has 0 spiro atoms. The normalized spacial score (nSPS) is 34.1. The largest absolute Gasteiger partial charge is 0.393 e. The van der Waals surface area contributed by atoms with Crippen LogP contribution in [0.1, 0.15) is 33.1 Å². The van der Waals surface area contributed by atoms with Gasteiger partial charge in [-0.05, 0) is 32.2 Å². The Hall–Kier alpha value is -0.0800. The molecule has 2 nitrogen and oxygen atoms in total. The molecule has 0 saturated heterocycles. The van der Waals surface area contributed by atoms with E-state index in [1.807, 2.05) is 0 Å². The minimum absolute atomic E-state index is 0.0518. The molecule has 2 N–H and O–H groups in total. The van der Waals surface area contributed by atoms with E-state index in [0.717, 1.165) is 13.0 Å². The Morgan fingerprint density at radius 3 is 2.73 bits per heavy atom. The number of nitrogens with one attached hydrogen (secondary N) is 1. The van der Waals surface area contributed by atoms with Gasteiger partial charge in [0.2, 0.25) is 0 Å². The smallest absolute Gasteiger partial charge is 0.0583 e. The highest BCUT2D eigenvalue weighted by Crippen LogP contribution is 2.27. The average molecular weight is 157 g/mol. The second-order valence-electron chi connectivity index (χ2n) is 3.51. The van der Waals surface area contributed by atoms with Crippen LogP contribution < -0.4 is 5.32 Å². The summed E-state index contributed by atoms with van der Waals surface area (Å²) in [7, 11) is 0. The minimum Gasteiger partial charge on any atom is -0.393 e. The van der Waals surface area contributed by atoms with Crippen molar-refractivity contribution in [3.05, 3.63) is 0 Å². The lowest BCUT2D eigenvalue weighted by Crippen LogP contribution is -2.37. The van der Waals surface area contributed by atoms with Gasteiger partial charge in [0, 0.05) is 6.04 Å². The zero-order valence-electron chi connectivity index (χ0n) is 7.51. The first-order chi connectivity index (χ1) is 5.25. The van der Waals surface area contributed by atoms with Gasteiger partial charge in [0.05, 0.1) is 6.10 Å². The average Bonchev–Trinajstić information content (AvgIpc) is 2.36. The van der Waals surface area contributed by atoms with E-state index < -0.39 is 0 Å². The van der Waals surface area contributed by atoms with E-state index in [9.17, 15) is 5.11 Å². The van der Waals surface area contributed by atoms with Gasteiger partial charge in [-0.15, -0.1) is 0 Å². The first-order valence-corrected chi connectivity index (χ1v) is 4.67. The molecule has 2 heteroatoms. The van der Waals surface area contributed by atoms with Crippen LogP contribution in [0, 0.1) is 5.92 Å². The maximum atomic E-state index is 9.55. The third kappa shape index (κ3) is 2.17. The summed E-state index contributed by atoms with van der Waals surface area (Å²) in [6.07, 6.45) is 3.33. The zero-order chi connectivity index (χ0) is 8.27. The second kappa shape index (κ2) is 4.07. The number of aliphatic hydroxyl groups is 1. The molecule has 3 atom stereocenters. The molecule has 0 aromatic carbocycles. The van der Waals surface area contributed by atoms with E-state index in [0.29, 0.717) is 12.0 Å². The monoisotopic (exact) mass is 157 g/mol. The summed E-state index contributed by atoms with van der Waals surface area (Å²) in [6, 6.07) is 0.484. The summed E-state index contributed by atoms with van der Waals surface area (Å²) in [5.74, 6) is 0.495. The van der Waals surface area contributed by atoms with Crippen molar-refractivity contribution in [3.8, 4) is 0 Å². The van der Waals surface area contributed by atoms with Crippen LogP contribution in [0.3, 0.4) is 0 Å². The molecular weight excluding hydrogens is 138 g/mol. The van der Waals surface area contributed by atoms with Crippen molar-refractivity contribution >= 4 is 0 Å². The Morgan fingerprint density at radius 1 is 1.55 bits per heavy atom. The summed E-state index contributed by atoms with van der Waals surface area (Å²) >= 11 is 0. The van der Waals surface area contributed by atoms with E-state index in [2.05, 4.69) is 19.2 Å². The van der Waals surface area contributed by atoms with Crippen LogP contribution in [-0.4, -0.2) is 23.8 Å². The molecule has 1 saturated carbocycles. The fourth-order valence-electron chi connectivity index (χ4n) is 2.03.